The van der Waals surface area contributed by atoms with E-state index in [2.05, 4.69) is 0 Å². The van der Waals surface area contributed by atoms with E-state index in [1.54, 1.807) is 6.92 Å². The first-order valence-corrected chi connectivity index (χ1v) is 3.95. The summed E-state index contributed by atoms with van der Waals surface area (Å²) in [5.41, 5.74) is 0. The third-order valence-electron chi connectivity index (χ3n) is 2.09. The Bertz CT molecular complexity index is 146. The number of ether oxygens (including phenoxy) is 1. The molecule has 1 rings (SSSR count). The average molecular weight is 178 g/mol. The Hall–Kier alpha value is -0.200. The van der Waals surface area contributed by atoms with E-state index in [4.69, 9.17) is 14.9 Å². The van der Waals surface area contributed by atoms with Crippen molar-refractivity contribution in [1.29, 1.82) is 0 Å². The molecule has 0 spiro atoms. The average Bonchev–Trinajstić information content (AvgIpc) is 2.08. The minimum absolute atomic E-state index is 0.474. The van der Waals surface area contributed by atoms with Gasteiger partial charge in [-0.2, -0.15) is 0 Å². The molecule has 1 aliphatic heterocycles. The van der Waals surface area contributed by atoms with Crippen molar-refractivity contribution in [2.45, 2.75) is 44.1 Å². The second-order valence-electron chi connectivity index (χ2n) is 2.95. The molecule has 72 valence electrons. The monoisotopic (exact) mass is 178 g/mol. The number of hydrogen-bond donors (Lipinski definition) is 4. The van der Waals surface area contributed by atoms with Gasteiger partial charge in [-0.3, -0.25) is 0 Å². The quantitative estimate of drug-likeness (QED) is 0.380. The molecule has 0 aromatic heterocycles. The van der Waals surface area contributed by atoms with Gasteiger partial charge in [-0.15, -0.1) is 0 Å². The zero-order valence-electron chi connectivity index (χ0n) is 6.79. The minimum Gasteiger partial charge on any atom is -0.388 e. The van der Waals surface area contributed by atoms with Crippen LogP contribution in [0.1, 0.15) is 13.3 Å². The first-order chi connectivity index (χ1) is 5.57. The van der Waals surface area contributed by atoms with Crippen LogP contribution in [0, 0.1) is 0 Å². The Morgan fingerprint density at radius 1 is 1.00 bits per heavy atom. The fourth-order valence-corrected chi connectivity index (χ4v) is 1.27. The topological polar surface area (TPSA) is 90.2 Å². The summed E-state index contributed by atoms with van der Waals surface area (Å²) in [6.45, 7) is 1.75. The molecule has 5 heteroatoms. The van der Waals surface area contributed by atoms with Crippen molar-refractivity contribution in [1.82, 2.24) is 0 Å². The van der Waals surface area contributed by atoms with E-state index >= 15 is 0 Å². The second kappa shape index (κ2) is 3.68. The molecule has 0 saturated carbocycles. The van der Waals surface area contributed by atoms with Crippen molar-refractivity contribution in [3.8, 4) is 0 Å². The van der Waals surface area contributed by atoms with Crippen LogP contribution in [-0.4, -0.2) is 51.1 Å². The van der Waals surface area contributed by atoms with Gasteiger partial charge in [0.05, 0.1) is 6.10 Å². The molecule has 4 N–H and O–H groups in total. The van der Waals surface area contributed by atoms with Gasteiger partial charge in [0, 0.05) is 0 Å². The lowest BCUT2D eigenvalue weighted by Crippen LogP contribution is -2.57. The molecule has 3 unspecified atom stereocenters. The van der Waals surface area contributed by atoms with Crippen molar-refractivity contribution >= 4 is 0 Å². The van der Waals surface area contributed by atoms with E-state index in [9.17, 15) is 10.2 Å². The van der Waals surface area contributed by atoms with Gasteiger partial charge < -0.3 is 25.2 Å². The largest absolute Gasteiger partial charge is 0.388 e. The van der Waals surface area contributed by atoms with E-state index in [0.29, 0.717) is 6.42 Å². The van der Waals surface area contributed by atoms with Crippen LogP contribution in [0.25, 0.3) is 0 Å². The Labute approximate surface area is 70.2 Å². The molecule has 1 aliphatic rings. The predicted molar refractivity (Wildman–Crippen MR) is 39.2 cm³/mol. The van der Waals surface area contributed by atoms with Crippen molar-refractivity contribution in [3.05, 3.63) is 0 Å². The highest BCUT2D eigenvalue weighted by Crippen LogP contribution is 2.21. The number of rotatable bonds is 1. The van der Waals surface area contributed by atoms with Gasteiger partial charge in [0.2, 0.25) is 0 Å². The number of aliphatic hydroxyl groups is 4. The van der Waals surface area contributed by atoms with Crippen molar-refractivity contribution in [3.63, 3.8) is 0 Å². The number of hydrogen-bond acceptors (Lipinski definition) is 5. The Balaban J connectivity index is 2.63. The molecular formula is C7H14O5. The minimum atomic E-state index is -1.43. The smallest absolute Gasteiger partial charge is 0.183 e. The lowest BCUT2D eigenvalue weighted by molar-refractivity contribution is -0.281. The lowest BCUT2D eigenvalue weighted by Gasteiger charge is -2.37. The van der Waals surface area contributed by atoms with Crippen LogP contribution in [-0.2, 0) is 4.74 Å². The standard InChI is InChI=1S/C7H14O5/c1-2-3-4(8)5(9)6(10)7(11)12-3/h3-11H,2H2,1H3/t3?,4-,5+,6?,7?/m0/s1. The van der Waals surface area contributed by atoms with E-state index in [1.165, 1.54) is 0 Å². The molecule has 0 amide bonds. The maximum Gasteiger partial charge on any atom is 0.183 e. The zero-order valence-corrected chi connectivity index (χ0v) is 6.79. The molecule has 5 nitrogen and oxygen atoms in total. The van der Waals surface area contributed by atoms with Gasteiger partial charge in [-0.1, -0.05) is 6.92 Å². The van der Waals surface area contributed by atoms with Crippen LogP contribution < -0.4 is 0 Å². The predicted octanol–water partition coefficient (Wildman–Crippen LogP) is -1.80. The second-order valence-corrected chi connectivity index (χ2v) is 2.95. The van der Waals surface area contributed by atoms with Gasteiger partial charge in [0.25, 0.3) is 0 Å². The third-order valence-corrected chi connectivity index (χ3v) is 2.09. The summed E-state index contributed by atoms with van der Waals surface area (Å²) in [6.07, 6.45) is -5.44. The summed E-state index contributed by atoms with van der Waals surface area (Å²) in [5.74, 6) is 0. The molecule has 1 heterocycles. The van der Waals surface area contributed by atoms with E-state index in [0.717, 1.165) is 0 Å². The Morgan fingerprint density at radius 2 is 1.58 bits per heavy atom. The van der Waals surface area contributed by atoms with Crippen LogP contribution in [0.5, 0.6) is 0 Å². The summed E-state index contributed by atoms with van der Waals surface area (Å²) >= 11 is 0. The van der Waals surface area contributed by atoms with Crippen molar-refractivity contribution < 1.29 is 25.2 Å². The molecular weight excluding hydrogens is 164 g/mol. The first-order valence-electron chi connectivity index (χ1n) is 3.95. The normalized spacial score (nSPS) is 49.2. The Morgan fingerprint density at radius 3 is 2.08 bits per heavy atom. The highest BCUT2D eigenvalue weighted by molar-refractivity contribution is 4.87. The molecule has 0 aromatic rings. The zero-order chi connectivity index (χ0) is 9.30. The SMILES string of the molecule is CCC1OC(O)C(O)[C@H](O)[C@H]1O. The molecule has 0 aromatic carbocycles. The highest BCUT2D eigenvalue weighted by atomic mass is 16.6. The maximum atomic E-state index is 9.28. The van der Waals surface area contributed by atoms with E-state index in [-0.39, 0.29) is 0 Å². The van der Waals surface area contributed by atoms with Gasteiger partial charge in [0.15, 0.2) is 6.29 Å². The molecule has 0 bridgehead atoms. The summed E-state index contributed by atoms with van der Waals surface area (Å²) in [7, 11) is 0. The fraction of sp³-hybridized carbons (Fsp3) is 1.00. The summed E-state index contributed by atoms with van der Waals surface area (Å²) in [4.78, 5) is 0. The van der Waals surface area contributed by atoms with Crippen LogP contribution in [0.15, 0.2) is 0 Å². The molecule has 1 saturated heterocycles. The lowest BCUT2D eigenvalue weighted by atomic mass is 9.97. The third kappa shape index (κ3) is 1.60. The van der Waals surface area contributed by atoms with Gasteiger partial charge >= 0.3 is 0 Å². The first kappa shape index (κ1) is 9.88. The highest BCUT2D eigenvalue weighted by Gasteiger charge is 2.41. The van der Waals surface area contributed by atoms with Crippen LogP contribution in [0.4, 0.5) is 0 Å². The molecule has 0 radical (unpaired) electrons. The molecule has 12 heavy (non-hydrogen) atoms. The van der Waals surface area contributed by atoms with Crippen LogP contribution in [0.3, 0.4) is 0 Å². The van der Waals surface area contributed by atoms with Crippen LogP contribution in [0.2, 0.25) is 0 Å². The maximum absolute atomic E-state index is 9.28. The summed E-state index contributed by atoms with van der Waals surface area (Å²) in [6, 6.07) is 0. The summed E-state index contributed by atoms with van der Waals surface area (Å²) in [5, 5.41) is 36.5. The van der Waals surface area contributed by atoms with E-state index in [1.807, 2.05) is 0 Å². The molecule has 5 atom stereocenters. The van der Waals surface area contributed by atoms with Gasteiger partial charge in [-0.25, -0.2) is 0 Å². The molecule has 1 fully saturated rings. The summed E-state index contributed by atoms with van der Waals surface area (Å²) < 4.78 is 4.83. The Kier molecular flexibility index (Phi) is 3.03. The van der Waals surface area contributed by atoms with Gasteiger partial charge in [-0.05, 0) is 6.42 Å². The van der Waals surface area contributed by atoms with E-state index < -0.39 is 30.7 Å². The van der Waals surface area contributed by atoms with Crippen molar-refractivity contribution in [2.24, 2.45) is 0 Å². The molecule has 0 aliphatic carbocycles. The van der Waals surface area contributed by atoms with Crippen LogP contribution >= 0.6 is 0 Å². The van der Waals surface area contributed by atoms with Gasteiger partial charge in [0.1, 0.15) is 18.3 Å². The fourth-order valence-electron chi connectivity index (χ4n) is 1.27. The number of aliphatic hydroxyl groups excluding tert-OH is 4. The van der Waals surface area contributed by atoms with Crippen molar-refractivity contribution in [2.75, 3.05) is 0 Å².